The van der Waals surface area contributed by atoms with Crippen LogP contribution in [0.3, 0.4) is 0 Å². The number of ether oxygens (including phenoxy) is 1. The standard InChI is InChI=1S/C12H20N4O2/c1-7(2)13-12(17)8(3)14-10-6-11(18-5)16-9(4)15-10/h6-8H,1-5H3,(H,13,17)(H,14,15,16). The van der Waals surface area contributed by atoms with Gasteiger partial charge >= 0.3 is 0 Å². The van der Waals surface area contributed by atoms with Gasteiger partial charge in [0.05, 0.1) is 7.11 Å². The number of rotatable bonds is 5. The molecule has 6 heteroatoms. The van der Waals surface area contributed by atoms with Crippen molar-refractivity contribution in [3.05, 3.63) is 11.9 Å². The van der Waals surface area contributed by atoms with E-state index in [1.165, 1.54) is 0 Å². The first-order valence-electron chi connectivity index (χ1n) is 5.89. The van der Waals surface area contributed by atoms with Crippen molar-refractivity contribution in [1.29, 1.82) is 0 Å². The van der Waals surface area contributed by atoms with Gasteiger partial charge in [-0.1, -0.05) is 0 Å². The second kappa shape index (κ2) is 6.18. The Morgan fingerprint density at radius 2 is 2.00 bits per heavy atom. The van der Waals surface area contributed by atoms with Crippen LogP contribution in [0.25, 0.3) is 0 Å². The number of carbonyl (C=O) groups excluding carboxylic acids is 1. The average molecular weight is 252 g/mol. The molecule has 0 fully saturated rings. The van der Waals surface area contributed by atoms with E-state index in [2.05, 4.69) is 20.6 Å². The molecular formula is C12H20N4O2. The van der Waals surface area contributed by atoms with Crippen molar-refractivity contribution < 1.29 is 9.53 Å². The first-order valence-corrected chi connectivity index (χ1v) is 5.89. The topological polar surface area (TPSA) is 76.1 Å². The van der Waals surface area contributed by atoms with Crippen LogP contribution in [0.2, 0.25) is 0 Å². The number of amides is 1. The summed E-state index contributed by atoms with van der Waals surface area (Å²) in [5, 5.41) is 5.85. The van der Waals surface area contributed by atoms with Crippen molar-refractivity contribution in [2.45, 2.75) is 39.8 Å². The van der Waals surface area contributed by atoms with E-state index in [0.717, 1.165) is 0 Å². The summed E-state index contributed by atoms with van der Waals surface area (Å²) in [7, 11) is 1.54. The van der Waals surface area contributed by atoms with Crippen LogP contribution in [-0.2, 0) is 4.79 Å². The fraction of sp³-hybridized carbons (Fsp3) is 0.583. The van der Waals surface area contributed by atoms with Crippen LogP contribution in [0.5, 0.6) is 5.88 Å². The molecule has 1 atom stereocenters. The summed E-state index contributed by atoms with van der Waals surface area (Å²) >= 11 is 0. The van der Waals surface area contributed by atoms with Crippen molar-refractivity contribution in [1.82, 2.24) is 15.3 Å². The van der Waals surface area contributed by atoms with Crippen LogP contribution in [0.15, 0.2) is 6.07 Å². The summed E-state index contributed by atoms with van der Waals surface area (Å²) in [4.78, 5) is 20.0. The van der Waals surface area contributed by atoms with Crippen molar-refractivity contribution in [3.63, 3.8) is 0 Å². The fourth-order valence-electron chi connectivity index (χ4n) is 1.42. The van der Waals surface area contributed by atoms with E-state index in [1.54, 1.807) is 27.0 Å². The molecule has 100 valence electrons. The Bertz CT molecular complexity index is 421. The Morgan fingerprint density at radius 3 is 2.56 bits per heavy atom. The first kappa shape index (κ1) is 14.2. The van der Waals surface area contributed by atoms with Gasteiger partial charge in [-0.05, 0) is 27.7 Å². The Labute approximate surface area is 107 Å². The molecule has 0 aliphatic rings. The van der Waals surface area contributed by atoms with Gasteiger partial charge in [-0.3, -0.25) is 4.79 Å². The maximum absolute atomic E-state index is 11.7. The normalized spacial score (nSPS) is 12.1. The average Bonchev–Trinajstić information content (AvgIpc) is 2.27. The zero-order chi connectivity index (χ0) is 13.7. The predicted molar refractivity (Wildman–Crippen MR) is 69.7 cm³/mol. The molecule has 0 saturated carbocycles. The molecule has 0 aliphatic heterocycles. The number of hydrogen-bond donors (Lipinski definition) is 2. The van der Waals surface area contributed by atoms with Gasteiger partial charge in [0, 0.05) is 12.1 Å². The van der Waals surface area contributed by atoms with Crippen LogP contribution in [0.4, 0.5) is 5.82 Å². The number of methoxy groups -OCH3 is 1. The lowest BCUT2D eigenvalue weighted by atomic mass is 10.3. The van der Waals surface area contributed by atoms with Crippen molar-refractivity contribution in [2.75, 3.05) is 12.4 Å². The van der Waals surface area contributed by atoms with Gasteiger partial charge in [-0.25, -0.2) is 4.98 Å². The highest BCUT2D eigenvalue weighted by Crippen LogP contribution is 2.13. The van der Waals surface area contributed by atoms with Gasteiger partial charge in [0.1, 0.15) is 17.7 Å². The monoisotopic (exact) mass is 252 g/mol. The lowest BCUT2D eigenvalue weighted by Crippen LogP contribution is -2.41. The molecule has 0 bridgehead atoms. The smallest absolute Gasteiger partial charge is 0.242 e. The summed E-state index contributed by atoms with van der Waals surface area (Å²) in [5.74, 6) is 1.57. The Hall–Kier alpha value is -1.85. The highest BCUT2D eigenvalue weighted by atomic mass is 16.5. The van der Waals surface area contributed by atoms with Crippen LogP contribution in [-0.4, -0.2) is 35.1 Å². The summed E-state index contributed by atoms with van der Waals surface area (Å²) in [6, 6.07) is 1.40. The molecule has 1 heterocycles. The molecule has 1 amide bonds. The highest BCUT2D eigenvalue weighted by molar-refractivity contribution is 5.84. The summed E-state index contributed by atoms with van der Waals surface area (Å²) in [6.07, 6.45) is 0. The van der Waals surface area contributed by atoms with Gasteiger partial charge in [-0.15, -0.1) is 0 Å². The van der Waals surface area contributed by atoms with E-state index < -0.39 is 0 Å². The van der Waals surface area contributed by atoms with Gasteiger partial charge in [-0.2, -0.15) is 4.98 Å². The van der Waals surface area contributed by atoms with E-state index in [1.807, 2.05) is 13.8 Å². The molecule has 0 aromatic carbocycles. The van der Waals surface area contributed by atoms with Crippen molar-refractivity contribution in [2.24, 2.45) is 0 Å². The molecule has 0 spiro atoms. The minimum absolute atomic E-state index is 0.0692. The summed E-state index contributed by atoms with van der Waals surface area (Å²) < 4.78 is 5.05. The van der Waals surface area contributed by atoms with Crippen LogP contribution >= 0.6 is 0 Å². The summed E-state index contributed by atoms with van der Waals surface area (Å²) in [6.45, 7) is 7.39. The lowest BCUT2D eigenvalue weighted by molar-refractivity contribution is -0.122. The van der Waals surface area contributed by atoms with E-state index >= 15 is 0 Å². The molecule has 0 radical (unpaired) electrons. The van der Waals surface area contributed by atoms with E-state index in [9.17, 15) is 4.79 Å². The molecule has 6 nitrogen and oxygen atoms in total. The zero-order valence-electron chi connectivity index (χ0n) is 11.4. The molecule has 18 heavy (non-hydrogen) atoms. The van der Waals surface area contributed by atoms with Gasteiger partial charge < -0.3 is 15.4 Å². The Kier molecular flexibility index (Phi) is 4.88. The molecule has 1 unspecified atom stereocenters. The highest BCUT2D eigenvalue weighted by Gasteiger charge is 2.14. The third-order valence-corrected chi connectivity index (χ3v) is 2.21. The molecule has 1 aromatic rings. The lowest BCUT2D eigenvalue weighted by Gasteiger charge is -2.16. The SMILES string of the molecule is COc1cc(NC(C)C(=O)NC(C)C)nc(C)n1. The maximum Gasteiger partial charge on any atom is 0.242 e. The molecule has 1 rings (SSSR count). The molecule has 2 N–H and O–H groups in total. The number of aromatic nitrogens is 2. The fourth-order valence-corrected chi connectivity index (χ4v) is 1.42. The molecule has 1 aromatic heterocycles. The number of carbonyl (C=O) groups is 1. The van der Waals surface area contributed by atoms with E-state index in [-0.39, 0.29) is 18.0 Å². The third-order valence-electron chi connectivity index (χ3n) is 2.21. The first-order chi connectivity index (χ1) is 8.42. The van der Waals surface area contributed by atoms with E-state index in [0.29, 0.717) is 17.5 Å². The molecule has 0 aliphatic carbocycles. The number of nitrogens with zero attached hydrogens (tertiary/aromatic N) is 2. The van der Waals surface area contributed by atoms with E-state index in [4.69, 9.17) is 4.74 Å². The van der Waals surface area contributed by atoms with Crippen LogP contribution < -0.4 is 15.4 Å². The minimum Gasteiger partial charge on any atom is -0.481 e. The number of nitrogens with one attached hydrogen (secondary N) is 2. The predicted octanol–water partition coefficient (Wildman–Crippen LogP) is 1.12. The van der Waals surface area contributed by atoms with Gasteiger partial charge in [0.15, 0.2) is 0 Å². The third kappa shape index (κ3) is 4.20. The largest absolute Gasteiger partial charge is 0.481 e. The second-order valence-electron chi connectivity index (χ2n) is 4.37. The van der Waals surface area contributed by atoms with Gasteiger partial charge in [0.25, 0.3) is 0 Å². The van der Waals surface area contributed by atoms with Crippen LogP contribution in [0.1, 0.15) is 26.6 Å². The quantitative estimate of drug-likeness (QED) is 0.821. The van der Waals surface area contributed by atoms with Crippen LogP contribution in [0, 0.1) is 6.92 Å². The maximum atomic E-state index is 11.7. The number of hydrogen-bond acceptors (Lipinski definition) is 5. The second-order valence-corrected chi connectivity index (χ2v) is 4.37. The Morgan fingerprint density at radius 1 is 1.33 bits per heavy atom. The molecule has 0 saturated heterocycles. The minimum atomic E-state index is -0.369. The van der Waals surface area contributed by atoms with Crippen molar-refractivity contribution >= 4 is 11.7 Å². The Balaban J connectivity index is 2.72. The summed E-state index contributed by atoms with van der Waals surface area (Å²) in [5.41, 5.74) is 0. The molecular weight excluding hydrogens is 232 g/mol. The number of anilines is 1. The number of aryl methyl sites for hydroxylation is 1. The van der Waals surface area contributed by atoms with Gasteiger partial charge in [0.2, 0.25) is 11.8 Å². The zero-order valence-corrected chi connectivity index (χ0v) is 11.4. The van der Waals surface area contributed by atoms with Crippen molar-refractivity contribution in [3.8, 4) is 5.88 Å².